The van der Waals surface area contributed by atoms with Crippen LogP contribution in [0.5, 0.6) is 0 Å². The number of nitrogens with one attached hydrogen (secondary N) is 3. The summed E-state index contributed by atoms with van der Waals surface area (Å²) >= 11 is 0. The fourth-order valence-electron chi connectivity index (χ4n) is 2.49. The fourth-order valence-corrected chi connectivity index (χ4v) is 2.87. The van der Waals surface area contributed by atoms with E-state index in [0.717, 1.165) is 5.56 Å². The second-order valence-corrected chi connectivity index (χ2v) is 7.73. The number of aromatic nitrogens is 2. The van der Waals surface area contributed by atoms with E-state index in [1.807, 2.05) is 38.1 Å². The van der Waals surface area contributed by atoms with Crippen LogP contribution >= 0.6 is 0 Å². The Bertz CT molecular complexity index is 1140. The summed E-state index contributed by atoms with van der Waals surface area (Å²) in [5.74, 6) is 7.06. The molecule has 0 fully saturated rings. The van der Waals surface area contributed by atoms with Crippen molar-refractivity contribution >= 4 is 28.0 Å². The highest BCUT2D eigenvalue weighted by Gasteiger charge is 2.09. The second kappa shape index (κ2) is 9.87. The van der Waals surface area contributed by atoms with Gasteiger partial charge in [0.15, 0.2) is 0 Å². The summed E-state index contributed by atoms with van der Waals surface area (Å²) < 4.78 is 18.4. The molecule has 0 unspecified atom stereocenters. The van der Waals surface area contributed by atoms with Crippen LogP contribution in [0.3, 0.4) is 0 Å². The molecule has 0 spiro atoms. The topological polar surface area (TPSA) is 111 Å². The van der Waals surface area contributed by atoms with Crippen molar-refractivity contribution in [2.75, 3.05) is 17.2 Å². The van der Waals surface area contributed by atoms with Crippen LogP contribution in [0.2, 0.25) is 0 Å². The van der Waals surface area contributed by atoms with Gasteiger partial charge in [-0.15, -0.1) is 0 Å². The first-order valence-electron chi connectivity index (χ1n) is 9.28. The van der Waals surface area contributed by atoms with Crippen molar-refractivity contribution in [1.29, 1.82) is 4.78 Å². The van der Waals surface area contributed by atoms with E-state index >= 15 is 0 Å². The summed E-state index contributed by atoms with van der Waals surface area (Å²) in [5, 5.41) is 15.6. The lowest BCUT2D eigenvalue weighted by Gasteiger charge is -2.14. The Balaban J connectivity index is 1.87. The minimum Gasteiger partial charge on any atom is -0.440 e. The molecular weight excluding hydrogens is 398 g/mol. The molecule has 2 aromatic carbocycles. The van der Waals surface area contributed by atoms with Gasteiger partial charge in [-0.25, -0.2) is 4.98 Å². The molecular formula is C22H22N5O2S-. The summed E-state index contributed by atoms with van der Waals surface area (Å²) in [7, 11) is -1.78. The van der Waals surface area contributed by atoms with Crippen LogP contribution in [-0.2, 0) is 14.8 Å². The zero-order chi connectivity index (χ0) is 21.5. The Morgan fingerprint density at radius 2 is 1.83 bits per heavy atom. The molecule has 0 saturated carbocycles. The van der Waals surface area contributed by atoms with Crippen molar-refractivity contribution in [2.24, 2.45) is 0 Å². The van der Waals surface area contributed by atoms with E-state index in [4.69, 9.17) is 4.78 Å². The molecule has 0 aliphatic carbocycles. The van der Waals surface area contributed by atoms with Crippen LogP contribution in [-0.4, -0.2) is 27.7 Å². The second-order valence-electron chi connectivity index (χ2n) is 6.72. The third-order valence-corrected chi connectivity index (χ3v) is 4.86. The molecule has 0 saturated heterocycles. The molecule has 0 amide bonds. The molecule has 7 nitrogen and oxygen atoms in total. The predicted molar refractivity (Wildman–Crippen MR) is 118 cm³/mol. The zero-order valence-corrected chi connectivity index (χ0v) is 17.5. The monoisotopic (exact) mass is 420 g/mol. The van der Waals surface area contributed by atoms with E-state index in [9.17, 15) is 9.32 Å². The highest BCUT2D eigenvalue weighted by Crippen LogP contribution is 2.19. The molecule has 0 bridgehead atoms. The largest absolute Gasteiger partial charge is 0.440 e. The van der Waals surface area contributed by atoms with Crippen LogP contribution in [0.4, 0.5) is 17.5 Å². The molecule has 0 radical (unpaired) electrons. The van der Waals surface area contributed by atoms with Gasteiger partial charge in [-0.05, 0) is 38.1 Å². The number of hydrogen-bond acceptors (Lipinski definition) is 8. The first-order valence-corrected chi connectivity index (χ1v) is 10.4. The van der Waals surface area contributed by atoms with E-state index in [1.54, 1.807) is 30.5 Å². The molecule has 8 heteroatoms. The zero-order valence-electron chi connectivity index (χ0n) is 16.6. The molecule has 3 aromatic rings. The van der Waals surface area contributed by atoms with Crippen LogP contribution in [0.15, 0.2) is 59.6 Å². The quantitative estimate of drug-likeness (QED) is 0.356. The molecule has 1 heterocycles. The Morgan fingerprint density at radius 1 is 1.13 bits per heavy atom. The van der Waals surface area contributed by atoms with Gasteiger partial charge in [0.25, 0.3) is 0 Å². The van der Waals surface area contributed by atoms with Gasteiger partial charge in [-0.2, -0.15) is 15.6 Å². The van der Waals surface area contributed by atoms with Crippen molar-refractivity contribution in [3.05, 3.63) is 71.4 Å². The van der Waals surface area contributed by atoms with Gasteiger partial charge in [-0.1, -0.05) is 46.6 Å². The normalized spacial score (nSPS) is 11.5. The smallest absolute Gasteiger partial charge is 0.229 e. The summed E-state index contributed by atoms with van der Waals surface area (Å²) in [5.41, 5.74) is 3.36. The number of nitrogens with zero attached hydrogens (tertiary/aromatic N) is 2. The minimum absolute atomic E-state index is 0.0523. The van der Waals surface area contributed by atoms with Crippen LogP contribution in [0.1, 0.15) is 23.6 Å². The van der Waals surface area contributed by atoms with Gasteiger partial charge in [-0.3, -0.25) is 0 Å². The first kappa shape index (κ1) is 21.3. The van der Waals surface area contributed by atoms with Crippen molar-refractivity contribution in [3.8, 4) is 11.8 Å². The molecule has 1 aromatic heterocycles. The Hall–Kier alpha value is -3.41. The van der Waals surface area contributed by atoms with Gasteiger partial charge in [0, 0.05) is 17.3 Å². The minimum atomic E-state index is -1.78. The summed E-state index contributed by atoms with van der Waals surface area (Å²) in [6.45, 7) is 3.81. The lowest BCUT2D eigenvalue weighted by Crippen LogP contribution is -2.21. The van der Waals surface area contributed by atoms with E-state index in [0.29, 0.717) is 27.9 Å². The van der Waals surface area contributed by atoms with Gasteiger partial charge < -0.3 is 24.7 Å². The summed E-state index contributed by atoms with van der Waals surface area (Å²) in [4.78, 5) is 9.24. The van der Waals surface area contributed by atoms with Crippen LogP contribution in [0, 0.1) is 23.5 Å². The van der Waals surface area contributed by atoms with E-state index in [2.05, 4.69) is 32.4 Å². The SMILES string of the molecule is Cc1ccc(C#Cc2cnc(Nc3ccc([S-](=N)=O)cc3)nc2N[C@H](C)CO)cc1. The van der Waals surface area contributed by atoms with Crippen molar-refractivity contribution in [3.63, 3.8) is 0 Å². The maximum Gasteiger partial charge on any atom is 0.229 e. The van der Waals surface area contributed by atoms with Gasteiger partial charge in [0.05, 0.1) is 18.4 Å². The Morgan fingerprint density at radius 3 is 2.47 bits per heavy atom. The van der Waals surface area contributed by atoms with E-state index in [-0.39, 0.29) is 12.6 Å². The standard InChI is InChI=1S/C22H22N5O2S/c1-15-3-5-17(6-4-15)7-8-18-13-24-22(27-21(18)25-16(2)14-28)26-19-9-11-20(12-10-19)30(23)29/h3-6,9-13,16,23,28H,14H2,1-2H3,(H2,24,25,26,27)/q-1/t16-/m1/s1. The van der Waals surface area contributed by atoms with Crippen LogP contribution in [0.25, 0.3) is 0 Å². The molecule has 4 N–H and O–H groups in total. The summed E-state index contributed by atoms with van der Waals surface area (Å²) in [6, 6.07) is 14.3. The first-order chi connectivity index (χ1) is 14.4. The average Bonchev–Trinajstić information content (AvgIpc) is 2.74. The fraction of sp³-hybridized carbons (Fsp3) is 0.182. The Kier molecular flexibility index (Phi) is 7.01. The lowest BCUT2D eigenvalue weighted by molar-refractivity contribution is 0.281. The highest BCUT2D eigenvalue weighted by molar-refractivity contribution is 7.73. The maximum atomic E-state index is 11.2. The molecule has 30 heavy (non-hydrogen) atoms. The van der Waals surface area contributed by atoms with Gasteiger partial charge in [0.2, 0.25) is 5.95 Å². The molecule has 1 atom stereocenters. The lowest BCUT2D eigenvalue weighted by atomic mass is 10.1. The third kappa shape index (κ3) is 5.80. The number of aliphatic hydroxyl groups excluding tert-OH is 1. The van der Waals surface area contributed by atoms with Crippen molar-refractivity contribution < 1.29 is 9.32 Å². The number of benzene rings is 2. The summed E-state index contributed by atoms with van der Waals surface area (Å²) in [6.07, 6.45) is 1.62. The van der Waals surface area contributed by atoms with E-state index in [1.165, 1.54) is 5.56 Å². The third-order valence-electron chi connectivity index (χ3n) is 4.16. The molecule has 0 aliphatic rings. The molecule has 154 valence electrons. The predicted octanol–water partition coefficient (Wildman–Crippen LogP) is 3.81. The average molecular weight is 421 g/mol. The maximum absolute atomic E-state index is 11.2. The number of aryl methyl sites for hydroxylation is 1. The van der Waals surface area contributed by atoms with Gasteiger partial charge >= 0.3 is 0 Å². The van der Waals surface area contributed by atoms with Crippen LogP contribution < -0.4 is 10.6 Å². The number of aliphatic hydroxyl groups is 1. The van der Waals surface area contributed by atoms with Crippen molar-refractivity contribution in [1.82, 2.24) is 9.97 Å². The van der Waals surface area contributed by atoms with E-state index < -0.39 is 10.6 Å². The Labute approximate surface area is 177 Å². The highest BCUT2D eigenvalue weighted by atomic mass is 32.2. The number of rotatable bonds is 6. The molecule has 3 rings (SSSR count). The molecule has 0 aliphatic heterocycles. The number of hydrogen-bond donors (Lipinski definition) is 4. The number of anilines is 3. The van der Waals surface area contributed by atoms with Gasteiger partial charge in [0.1, 0.15) is 5.82 Å². The van der Waals surface area contributed by atoms with Crippen molar-refractivity contribution in [2.45, 2.75) is 24.8 Å².